The lowest BCUT2D eigenvalue weighted by Gasteiger charge is -2.28. The minimum absolute atomic E-state index is 0.155. The quantitative estimate of drug-likeness (QED) is 0.386. The lowest BCUT2D eigenvalue weighted by atomic mass is 9.90. The van der Waals surface area contributed by atoms with Gasteiger partial charge >= 0.3 is 12.2 Å². The number of imide groups is 1. The fourth-order valence-electron chi connectivity index (χ4n) is 4.44. The second-order valence-corrected chi connectivity index (χ2v) is 11.9. The number of aryl methyl sites for hydroxylation is 1. The molecular weight excluding hydrogens is 478 g/mol. The van der Waals surface area contributed by atoms with Gasteiger partial charge in [-0.25, -0.2) is 14.6 Å². The zero-order valence-electron chi connectivity index (χ0n) is 22.7. The van der Waals surface area contributed by atoms with Crippen LogP contribution in [0.25, 0.3) is 11.3 Å². The van der Waals surface area contributed by atoms with Crippen molar-refractivity contribution < 1.29 is 19.1 Å². The van der Waals surface area contributed by atoms with Gasteiger partial charge in [-0.05, 0) is 78.9 Å². The van der Waals surface area contributed by atoms with E-state index in [4.69, 9.17) is 26.1 Å². The van der Waals surface area contributed by atoms with Gasteiger partial charge in [0, 0.05) is 11.1 Å². The van der Waals surface area contributed by atoms with Crippen LogP contribution in [0.2, 0.25) is 5.15 Å². The van der Waals surface area contributed by atoms with Gasteiger partial charge in [-0.15, -0.1) is 4.90 Å². The first-order chi connectivity index (χ1) is 16.7. The third-order valence-corrected chi connectivity index (χ3v) is 6.37. The van der Waals surface area contributed by atoms with Crippen molar-refractivity contribution in [3.8, 4) is 11.3 Å². The predicted octanol–water partition coefficient (Wildman–Crippen LogP) is 7.82. The highest BCUT2D eigenvalue weighted by atomic mass is 35.5. The molecular formula is C28H38ClN3O4. The van der Waals surface area contributed by atoms with E-state index < -0.39 is 23.4 Å². The second kappa shape index (κ2) is 10.8. The molecule has 1 aliphatic rings. The van der Waals surface area contributed by atoms with E-state index >= 15 is 0 Å². The first kappa shape index (κ1) is 27.9. The molecule has 0 spiro atoms. The number of aromatic nitrogens is 2. The molecule has 1 aromatic carbocycles. The summed E-state index contributed by atoms with van der Waals surface area (Å²) in [5.41, 5.74) is 2.74. The predicted molar refractivity (Wildman–Crippen MR) is 143 cm³/mol. The molecule has 8 heteroatoms. The monoisotopic (exact) mass is 515 g/mol. The molecule has 1 fully saturated rings. The van der Waals surface area contributed by atoms with Gasteiger partial charge in [-0.3, -0.25) is 0 Å². The van der Waals surface area contributed by atoms with Gasteiger partial charge in [-0.2, -0.15) is 4.98 Å². The SMILES string of the molecule is Cc1cccc(CC2CCCC2)c1-c1nc(N(C(=O)OC(C)(C)C)C(=O)OC(C)(C)C)nc(Cl)c1C. The van der Waals surface area contributed by atoms with Crippen LogP contribution < -0.4 is 4.90 Å². The number of rotatable bonds is 4. The minimum atomic E-state index is -0.932. The van der Waals surface area contributed by atoms with Crippen molar-refractivity contribution in [2.75, 3.05) is 4.90 Å². The lowest BCUT2D eigenvalue weighted by Crippen LogP contribution is -2.44. The van der Waals surface area contributed by atoms with Crippen LogP contribution in [0.5, 0.6) is 0 Å². The topological polar surface area (TPSA) is 81.6 Å². The minimum Gasteiger partial charge on any atom is -0.443 e. The van der Waals surface area contributed by atoms with Crippen molar-refractivity contribution in [3.05, 3.63) is 40.0 Å². The number of halogens is 1. The van der Waals surface area contributed by atoms with Crippen LogP contribution in [-0.4, -0.2) is 33.4 Å². The number of nitrogens with zero attached hydrogens (tertiary/aromatic N) is 3. The third kappa shape index (κ3) is 6.96. The molecule has 196 valence electrons. The maximum atomic E-state index is 13.2. The number of hydrogen-bond acceptors (Lipinski definition) is 6. The number of hydrogen-bond donors (Lipinski definition) is 0. The van der Waals surface area contributed by atoms with E-state index in [1.54, 1.807) is 41.5 Å². The maximum Gasteiger partial charge on any atom is 0.427 e. The number of amides is 2. The summed E-state index contributed by atoms with van der Waals surface area (Å²) in [6, 6.07) is 6.20. The van der Waals surface area contributed by atoms with Gasteiger partial charge in [0.1, 0.15) is 16.4 Å². The first-order valence-electron chi connectivity index (χ1n) is 12.6. The Morgan fingerprint density at radius 3 is 2.06 bits per heavy atom. The molecule has 0 radical (unpaired) electrons. The van der Waals surface area contributed by atoms with Crippen molar-refractivity contribution in [1.82, 2.24) is 9.97 Å². The Labute approximate surface area is 219 Å². The Bertz CT molecular complexity index is 1100. The van der Waals surface area contributed by atoms with Crippen molar-refractivity contribution in [2.45, 2.75) is 98.7 Å². The molecule has 1 aliphatic carbocycles. The lowest BCUT2D eigenvalue weighted by molar-refractivity contribution is 0.0427. The molecule has 1 saturated carbocycles. The Kier molecular flexibility index (Phi) is 8.33. The number of benzene rings is 1. The summed E-state index contributed by atoms with van der Waals surface area (Å²) in [7, 11) is 0. The molecule has 7 nitrogen and oxygen atoms in total. The summed E-state index contributed by atoms with van der Waals surface area (Å²) in [4.78, 5) is 36.1. The van der Waals surface area contributed by atoms with Gasteiger partial charge in [-0.1, -0.05) is 55.5 Å². The van der Waals surface area contributed by atoms with Crippen molar-refractivity contribution in [3.63, 3.8) is 0 Å². The molecule has 2 amide bonds. The molecule has 1 aromatic heterocycles. The summed E-state index contributed by atoms with van der Waals surface area (Å²) in [5, 5.41) is 0.155. The molecule has 1 heterocycles. The van der Waals surface area contributed by atoms with E-state index in [1.807, 2.05) is 19.9 Å². The molecule has 0 saturated heterocycles. The average molecular weight is 516 g/mol. The van der Waals surface area contributed by atoms with Crippen LogP contribution in [0, 0.1) is 19.8 Å². The van der Waals surface area contributed by atoms with E-state index in [0.29, 0.717) is 17.2 Å². The number of ether oxygens (including phenoxy) is 2. The van der Waals surface area contributed by atoms with E-state index in [1.165, 1.54) is 31.2 Å². The largest absolute Gasteiger partial charge is 0.443 e. The highest BCUT2D eigenvalue weighted by Gasteiger charge is 2.35. The molecule has 36 heavy (non-hydrogen) atoms. The molecule has 0 unspecified atom stereocenters. The summed E-state index contributed by atoms with van der Waals surface area (Å²) in [6.07, 6.45) is 4.02. The highest BCUT2D eigenvalue weighted by Crippen LogP contribution is 2.37. The first-order valence-corrected chi connectivity index (χ1v) is 12.9. The fraction of sp³-hybridized carbons (Fsp3) is 0.571. The Hall–Kier alpha value is -2.67. The number of anilines is 1. The van der Waals surface area contributed by atoms with Crippen LogP contribution in [-0.2, 0) is 15.9 Å². The summed E-state index contributed by atoms with van der Waals surface area (Å²) < 4.78 is 11.0. The van der Waals surface area contributed by atoms with Crippen LogP contribution in [0.1, 0.15) is 83.9 Å². The molecule has 3 rings (SSSR count). The van der Waals surface area contributed by atoms with Crippen LogP contribution in [0.4, 0.5) is 15.5 Å². The molecule has 0 atom stereocenters. The zero-order valence-corrected chi connectivity index (χ0v) is 23.5. The average Bonchev–Trinajstić information content (AvgIpc) is 3.21. The summed E-state index contributed by atoms with van der Waals surface area (Å²) >= 11 is 6.58. The van der Waals surface area contributed by atoms with Crippen LogP contribution >= 0.6 is 11.6 Å². The Morgan fingerprint density at radius 1 is 0.972 bits per heavy atom. The van der Waals surface area contributed by atoms with Gasteiger partial charge in [0.05, 0.1) is 5.69 Å². The van der Waals surface area contributed by atoms with Crippen molar-refractivity contribution in [1.29, 1.82) is 0 Å². The maximum absolute atomic E-state index is 13.2. The molecule has 2 aromatic rings. The van der Waals surface area contributed by atoms with Gasteiger partial charge < -0.3 is 9.47 Å². The molecule has 0 aliphatic heterocycles. The van der Waals surface area contributed by atoms with Crippen LogP contribution in [0.15, 0.2) is 18.2 Å². The normalized spacial score (nSPS) is 14.6. The number of carbonyl (C=O) groups is 2. The molecule has 0 N–H and O–H groups in total. The Balaban J connectivity index is 2.15. The highest BCUT2D eigenvalue weighted by molar-refractivity contribution is 6.30. The van der Waals surface area contributed by atoms with Gasteiger partial charge in [0.2, 0.25) is 5.95 Å². The molecule has 0 bridgehead atoms. The van der Waals surface area contributed by atoms with E-state index in [2.05, 4.69) is 17.1 Å². The standard InChI is InChI=1S/C28H38ClN3O4/c1-17-12-11-15-20(16-19-13-9-10-14-19)21(17)22-18(2)23(29)31-24(30-22)32(25(33)35-27(3,4)5)26(34)36-28(6,7)8/h11-12,15,19H,9-10,13-14,16H2,1-8H3. The van der Waals surface area contributed by atoms with Crippen molar-refractivity contribution in [2.24, 2.45) is 5.92 Å². The zero-order chi connectivity index (χ0) is 26.8. The Morgan fingerprint density at radius 2 is 1.53 bits per heavy atom. The summed E-state index contributed by atoms with van der Waals surface area (Å²) in [6.45, 7) is 14.2. The van der Waals surface area contributed by atoms with Crippen molar-refractivity contribution >= 4 is 29.7 Å². The second-order valence-electron chi connectivity index (χ2n) is 11.5. The smallest absolute Gasteiger partial charge is 0.427 e. The fourth-order valence-corrected chi connectivity index (χ4v) is 4.60. The van der Waals surface area contributed by atoms with E-state index in [0.717, 1.165) is 22.4 Å². The van der Waals surface area contributed by atoms with Gasteiger partial charge in [0.25, 0.3) is 0 Å². The van der Waals surface area contributed by atoms with Crippen LogP contribution in [0.3, 0.4) is 0 Å². The van der Waals surface area contributed by atoms with Gasteiger partial charge in [0.15, 0.2) is 0 Å². The summed E-state index contributed by atoms with van der Waals surface area (Å²) in [5.74, 6) is 0.446. The number of carbonyl (C=O) groups excluding carboxylic acids is 2. The third-order valence-electron chi connectivity index (χ3n) is 6.01. The van der Waals surface area contributed by atoms with E-state index in [-0.39, 0.29) is 11.1 Å². The van der Waals surface area contributed by atoms with E-state index in [9.17, 15) is 9.59 Å².